The highest BCUT2D eigenvalue weighted by Crippen LogP contribution is 2.19. The lowest BCUT2D eigenvalue weighted by Crippen LogP contribution is -2.40. The van der Waals surface area contributed by atoms with E-state index < -0.39 is 27.9 Å². The summed E-state index contributed by atoms with van der Waals surface area (Å²) in [5, 5.41) is 11.9. The van der Waals surface area contributed by atoms with Gasteiger partial charge in [-0.2, -0.15) is 4.31 Å². The molecule has 0 spiro atoms. The summed E-state index contributed by atoms with van der Waals surface area (Å²) < 4.78 is 31.7. The van der Waals surface area contributed by atoms with Gasteiger partial charge in [-0.1, -0.05) is 30.3 Å². The third-order valence-electron chi connectivity index (χ3n) is 4.38. The number of carbonyl (C=O) groups excluding carboxylic acids is 1. The topological polar surface area (TPSA) is 113 Å². The number of hydrogen-bond acceptors (Lipinski definition) is 5. The second-order valence-electron chi connectivity index (χ2n) is 6.20. The summed E-state index contributed by atoms with van der Waals surface area (Å²) >= 11 is 0. The van der Waals surface area contributed by atoms with Crippen LogP contribution in [0, 0.1) is 0 Å². The van der Waals surface area contributed by atoms with E-state index in [0.717, 1.165) is 0 Å². The number of ether oxygens (including phenoxy) is 1. The number of carbonyl (C=O) groups is 2. The van der Waals surface area contributed by atoms with Crippen molar-refractivity contribution in [2.24, 2.45) is 0 Å². The van der Waals surface area contributed by atoms with Gasteiger partial charge in [-0.3, -0.25) is 4.79 Å². The highest BCUT2D eigenvalue weighted by molar-refractivity contribution is 7.89. The fraction of sp³-hybridized carbons (Fsp3) is 0.263. The number of benzene rings is 2. The van der Waals surface area contributed by atoms with Crippen molar-refractivity contribution < 1.29 is 27.9 Å². The monoisotopic (exact) mass is 404 g/mol. The lowest BCUT2D eigenvalue weighted by atomic mass is 10.1. The lowest BCUT2D eigenvalue weighted by molar-refractivity contribution is -0.139. The number of rotatable bonds is 6. The van der Waals surface area contributed by atoms with Crippen LogP contribution in [-0.2, 0) is 19.6 Å². The molecule has 148 valence electrons. The maximum Gasteiger partial charge on any atom is 0.330 e. The summed E-state index contributed by atoms with van der Waals surface area (Å²) in [6.45, 7) is 1.25. The molecule has 9 heteroatoms. The summed E-state index contributed by atoms with van der Waals surface area (Å²) in [6.07, 6.45) is 0. The van der Waals surface area contributed by atoms with Crippen molar-refractivity contribution in [1.29, 1.82) is 0 Å². The van der Waals surface area contributed by atoms with E-state index in [4.69, 9.17) is 4.74 Å². The van der Waals surface area contributed by atoms with Gasteiger partial charge in [0.05, 0.1) is 18.1 Å². The highest BCUT2D eigenvalue weighted by Gasteiger charge is 2.27. The fourth-order valence-electron chi connectivity index (χ4n) is 2.86. The Morgan fingerprint density at radius 1 is 1.00 bits per heavy atom. The van der Waals surface area contributed by atoms with E-state index in [-0.39, 0.29) is 23.5 Å². The van der Waals surface area contributed by atoms with Crippen molar-refractivity contribution in [3.05, 3.63) is 65.7 Å². The van der Waals surface area contributed by atoms with E-state index >= 15 is 0 Å². The lowest BCUT2D eigenvalue weighted by Gasteiger charge is -2.26. The van der Waals surface area contributed by atoms with Crippen molar-refractivity contribution in [1.82, 2.24) is 9.62 Å². The maximum absolute atomic E-state index is 12.6. The summed E-state index contributed by atoms with van der Waals surface area (Å²) in [5.74, 6) is -1.79. The molecule has 1 heterocycles. The van der Waals surface area contributed by atoms with Crippen LogP contribution in [0.2, 0.25) is 0 Å². The van der Waals surface area contributed by atoms with Crippen LogP contribution >= 0.6 is 0 Å². The quantitative estimate of drug-likeness (QED) is 0.750. The number of morpholine rings is 1. The minimum atomic E-state index is -3.66. The summed E-state index contributed by atoms with van der Waals surface area (Å²) in [6, 6.07) is 12.6. The molecule has 0 radical (unpaired) electrons. The number of carboxylic acid groups (broad SMARTS) is 1. The molecule has 2 aromatic carbocycles. The molecule has 0 saturated carbocycles. The third-order valence-corrected chi connectivity index (χ3v) is 6.29. The SMILES string of the molecule is O=C(N[C@@H](C(=O)O)c1ccccc1)c1ccc(S(=O)(=O)N2CCOCC2)cc1. The van der Waals surface area contributed by atoms with Crippen LogP contribution < -0.4 is 5.32 Å². The second kappa shape index (κ2) is 8.51. The minimum absolute atomic E-state index is 0.0730. The molecule has 3 rings (SSSR count). The number of amides is 1. The van der Waals surface area contributed by atoms with Gasteiger partial charge in [0.25, 0.3) is 5.91 Å². The number of nitrogens with zero attached hydrogens (tertiary/aromatic N) is 1. The number of carboxylic acids is 1. The zero-order valence-electron chi connectivity index (χ0n) is 14.9. The molecule has 2 N–H and O–H groups in total. The molecule has 0 bridgehead atoms. The van der Waals surface area contributed by atoms with Gasteiger partial charge in [-0.25, -0.2) is 13.2 Å². The van der Waals surface area contributed by atoms with Crippen LogP contribution in [0.5, 0.6) is 0 Å². The summed E-state index contributed by atoms with van der Waals surface area (Å²) in [7, 11) is -3.66. The molecular weight excluding hydrogens is 384 g/mol. The van der Waals surface area contributed by atoms with Crippen LogP contribution in [0.25, 0.3) is 0 Å². The van der Waals surface area contributed by atoms with E-state index in [2.05, 4.69) is 5.32 Å². The van der Waals surface area contributed by atoms with Gasteiger partial charge in [0.2, 0.25) is 10.0 Å². The standard InChI is InChI=1S/C19H20N2O6S/c22-18(20-17(19(23)24)14-4-2-1-3-5-14)15-6-8-16(9-7-15)28(25,26)21-10-12-27-13-11-21/h1-9,17H,10-13H2,(H,20,22)(H,23,24)/t17-/m1/s1. The van der Waals surface area contributed by atoms with E-state index in [1.807, 2.05) is 0 Å². The molecule has 0 unspecified atom stereocenters. The number of aliphatic carboxylic acids is 1. The van der Waals surface area contributed by atoms with Crippen LogP contribution in [0.4, 0.5) is 0 Å². The van der Waals surface area contributed by atoms with Gasteiger partial charge in [0, 0.05) is 18.7 Å². The van der Waals surface area contributed by atoms with E-state index in [9.17, 15) is 23.1 Å². The molecule has 1 aliphatic heterocycles. The normalized spacial score (nSPS) is 16.3. The molecule has 0 aliphatic carbocycles. The maximum atomic E-state index is 12.6. The Bertz CT molecular complexity index is 938. The van der Waals surface area contributed by atoms with E-state index in [0.29, 0.717) is 18.8 Å². The van der Waals surface area contributed by atoms with E-state index in [1.165, 1.54) is 28.6 Å². The zero-order chi connectivity index (χ0) is 20.1. The molecule has 1 saturated heterocycles. The first-order valence-corrected chi connectivity index (χ1v) is 10.1. The number of sulfonamides is 1. The van der Waals surface area contributed by atoms with Crippen molar-refractivity contribution in [2.75, 3.05) is 26.3 Å². The molecular formula is C19H20N2O6S. The molecule has 0 aromatic heterocycles. The summed E-state index contributed by atoms with van der Waals surface area (Å²) in [4.78, 5) is 24.0. The van der Waals surface area contributed by atoms with Crippen molar-refractivity contribution >= 4 is 21.9 Å². The zero-order valence-corrected chi connectivity index (χ0v) is 15.8. The number of nitrogens with one attached hydrogen (secondary N) is 1. The van der Waals surface area contributed by atoms with Crippen LogP contribution in [0.1, 0.15) is 22.0 Å². The molecule has 8 nitrogen and oxygen atoms in total. The predicted octanol–water partition coefficient (Wildman–Crippen LogP) is 1.26. The largest absolute Gasteiger partial charge is 0.479 e. The Hall–Kier alpha value is -2.75. The highest BCUT2D eigenvalue weighted by atomic mass is 32.2. The van der Waals surface area contributed by atoms with Crippen LogP contribution in [-0.4, -0.2) is 56.0 Å². The average molecular weight is 404 g/mol. The number of hydrogen-bond donors (Lipinski definition) is 2. The van der Waals surface area contributed by atoms with Gasteiger partial charge < -0.3 is 15.2 Å². The van der Waals surface area contributed by atoms with Gasteiger partial charge in [0.15, 0.2) is 6.04 Å². The molecule has 1 fully saturated rings. The van der Waals surface area contributed by atoms with Crippen LogP contribution in [0.15, 0.2) is 59.5 Å². The Morgan fingerprint density at radius 2 is 1.61 bits per heavy atom. The van der Waals surface area contributed by atoms with Gasteiger partial charge in [-0.15, -0.1) is 0 Å². The Labute approximate surface area is 162 Å². The average Bonchev–Trinajstić information content (AvgIpc) is 2.73. The summed E-state index contributed by atoms with van der Waals surface area (Å²) in [5.41, 5.74) is 0.609. The van der Waals surface area contributed by atoms with Gasteiger partial charge in [-0.05, 0) is 29.8 Å². The molecule has 28 heavy (non-hydrogen) atoms. The van der Waals surface area contributed by atoms with Gasteiger partial charge in [0.1, 0.15) is 0 Å². The fourth-order valence-corrected chi connectivity index (χ4v) is 4.27. The predicted molar refractivity (Wildman–Crippen MR) is 100 cm³/mol. The minimum Gasteiger partial charge on any atom is -0.479 e. The first-order chi connectivity index (χ1) is 13.4. The Morgan fingerprint density at radius 3 is 2.18 bits per heavy atom. The van der Waals surface area contributed by atoms with Gasteiger partial charge >= 0.3 is 5.97 Å². The molecule has 1 atom stereocenters. The van der Waals surface area contributed by atoms with Crippen molar-refractivity contribution in [3.8, 4) is 0 Å². The molecule has 2 aromatic rings. The van der Waals surface area contributed by atoms with Crippen LogP contribution in [0.3, 0.4) is 0 Å². The second-order valence-corrected chi connectivity index (χ2v) is 8.13. The Kier molecular flexibility index (Phi) is 6.08. The molecule has 1 aliphatic rings. The first-order valence-electron chi connectivity index (χ1n) is 8.66. The van der Waals surface area contributed by atoms with E-state index in [1.54, 1.807) is 30.3 Å². The van der Waals surface area contributed by atoms with Crippen molar-refractivity contribution in [3.63, 3.8) is 0 Å². The molecule has 1 amide bonds. The Balaban J connectivity index is 1.75. The first kappa shape index (κ1) is 20.0. The smallest absolute Gasteiger partial charge is 0.330 e. The van der Waals surface area contributed by atoms with Crippen molar-refractivity contribution in [2.45, 2.75) is 10.9 Å². The third kappa shape index (κ3) is 4.38.